The van der Waals surface area contributed by atoms with Crippen LogP contribution in [0.25, 0.3) is 10.9 Å². The quantitative estimate of drug-likeness (QED) is 0.761. The second-order valence-corrected chi connectivity index (χ2v) is 5.81. The summed E-state index contributed by atoms with van der Waals surface area (Å²) in [6.45, 7) is 1.47. The van der Waals surface area contributed by atoms with Crippen LogP contribution in [0.4, 0.5) is 19.0 Å². The van der Waals surface area contributed by atoms with Crippen molar-refractivity contribution < 1.29 is 24.1 Å². The Morgan fingerprint density at radius 2 is 2.04 bits per heavy atom. The summed E-state index contributed by atoms with van der Waals surface area (Å²) in [5.41, 5.74) is -1.14. The Bertz CT molecular complexity index is 823. The van der Waals surface area contributed by atoms with Crippen molar-refractivity contribution in [3.63, 3.8) is 0 Å². The summed E-state index contributed by atoms with van der Waals surface area (Å²) < 4.78 is 51.9. The molecule has 0 atom stereocenters. The molecule has 2 heterocycles. The van der Waals surface area contributed by atoms with Crippen LogP contribution in [0.15, 0.2) is 18.2 Å². The van der Waals surface area contributed by atoms with Gasteiger partial charge in [0.15, 0.2) is 5.78 Å². The number of pyridine rings is 1. The molecule has 1 aromatic heterocycles. The first-order valence-electron chi connectivity index (χ1n) is 7.88. The molecule has 0 saturated carbocycles. The zero-order chi connectivity index (χ0) is 18.2. The first-order valence-corrected chi connectivity index (χ1v) is 7.55. The minimum atomic E-state index is -4.63. The molecule has 1 aromatic carbocycles. The van der Waals surface area contributed by atoms with Gasteiger partial charge in [0, 0.05) is 25.4 Å². The van der Waals surface area contributed by atoms with E-state index in [4.69, 9.17) is 17.7 Å². The lowest BCUT2D eigenvalue weighted by Crippen LogP contribution is -2.36. The van der Waals surface area contributed by atoms with E-state index in [1.807, 2.05) is 4.90 Å². The van der Waals surface area contributed by atoms with E-state index in [0.29, 0.717) is 32.1 Å². The third-order valence-electron chi connectivity index (χ3n) is 3.81. The number of ketones is 1. The van der Waals surface area contributed by atoms with Gasteiger partial charge in [-0.05, 0) is 25.1 Å². The number of rotatable bonds is 2. The Morgan fingerprint density at radius 3 is 2.67 bits per heavy atom. The minimum Gasteiger partial charge on any atom is -0.378 e. The average molecular weight is 360 g/mol. The zero-order valence-corrected chi connectivity index (χ0v) is 13.2. The van der Waals surface area contributed by atoms with Crippen LogP contribution >= 0.6 is 11.6 Å². The monoisotopic (exact) mass is 359 g/mol. The number of carbonyl (C=O) groups excluding carboxylic acids is 1. The lowest BCUT2D eigenvalue weighted by molar-refractivity contribution is -0.137. The molecule has 0 aliphatic carbocycles. The maximum absolute atomic E-state index is 13.1. The minimum absolute atomic E-state index is 0.0466. The van der Waals surface area contributed by atoms with Crippen molar-refractivity contribution in [3.8, 4) is 0 Å². The van der Waals surface area contributed by atoms with E-state index in [2.05, 4.69) is 4.98 Å². The molecule has 2 aromatic rings. The van der Waals surface area contributed by atoms with Gasteiger partial charge in [0.05, 0.1) is 29.3 Å². The second-order valence-electron chi connectivity index (χ2n) is 5.40. The van der Waals surface area contributed by atoms with Gasteiger partial charge in [-0.25, -0.2) is 4.98 Å². The molecule has 8 heteroatoms. The normalized spacial score (nSPS) is 16.3. The van der Waals surface area contributed by atoms with Gasteiger partial charge >= 0.3 is 6.18 Å². The molecule has 0 bridgehead atoms. The van der Waals surface area contributed by atoms with Crippen molar-refractivity contribution in [3.05, 3.63) is 34.3 Å². The number of halogens is 4. The van der Waals surface area contributed by atoms with E-state index in [9.17, 15) is 18.0 Å². The largest absolute Gasteiger partial charge is 0.416 e. The SMILES string of the molecule is [2H]CC(=O)c1cc(C(F)(F)F)cc2c(Cl)cc(N3CCOCC3)nc12. The number of hydrogen-bond donors (Lipinski definition) is 0. The van der Waals surface area contributed by atoms with Gasteiger partial charge in [-0.1, -0.05) is 11.6 Å². The van der Waals surface area contributed by atoms with Gasteiger partial charge in [0.2, 0.25) is 0 Å². The van der Waals surface area contributed by atoms with Gasteiger partial charge in [-0.2, -0.15) is 13.2 Å². The van der Waals surface area contributed by atoms with E-state index in [0.717, 1.165) is 12.1 Å². The van der Waals surface area contributed by atoms with E-state index in [1.165, 1.54) is 6.07 Å². The number of alkyl halides is 3. The van der Waals surface area contributed by atoms with Gasteiger partial charge < -0.3 is 9.64 Å². The third-order valence-corrected chi connectivity index (χ3v) is 4.12. The maximum Gasteiger partial charge on any atom is 0.416 e. The molecule has 0 radical (unpaired) electrons. The summed E-state index contributed by atoms with van der Waals surface area (Å²) in [6, 6.07) is 3.12. The summed E-state index contributed by atoms with van der Waals surface area (Å²) in [7, 11) is 0. The Labute approximate surface area is 142 Å². The molecular weight excluding hydrogens is 345 g/mol. The molecule has 0 unspecified atom stereocenters. The highest BCUT2D eigenvalue weighted by Gasteiger charge is 2.32. The fourth-order valence-electron chi connectivity index (χ4n) is 2.61. The standard InChI is InChI=1S/C16H14ClF3N2O2/c1-9(23)11-6-10(16(18,19)20)7-12-13(17)8-14(21-15(11)12)22-2-4-24-5-3-22/h6-8H,2-5H2,1H3/i1D. The number of aromatic nitrogens is 1. The molecule has 1 aliphatic heterocycles. The van der Waals surface area contributed by atoms with E-state index >= 15 is 0 Å². The molecule has 3 rings (SSSR count). The van der Waals surface area contributed by atoms with Crippen molar-refractivity contribution >= 4 is 34.1 Å². The van der Waals surface area contributed by atoms with E-state index < -0.39 is 24.4 Å². The first-order chi connectivity index (χ1) is 11.8. The van der Waals surface area contributed by atoms with Gasteiger partial charge in [0.1, 0.15) is 5.82 Å². The molecule has 128 valence electrons. The maximum atomic E-state index is 13.1. The second kappa shape index (κ2) is 6.22. The number of benzene rings is 1. The van der Waals surface area contributed by atoms with Crippen molar-refractivity contribution in [2.75, 3.05) is 31.2 Å². The van der Waals surface area contributed by atoms with Crippen LogP contribution in [0, 0.1) is 0 Å². The van der Waals surface area contributed by atoms with Gasteiger partial charge in [0.25, 0.3) is 0 Å². The van der Waals surface area contributed by atoms with Crippen LogP contribution in [0.2, 0.25) is 5.02 Å². The molecular formula is C16H14ClF3N2O2. The number of hydrogen-bond acceptors (Lipinski definition) is 4. The Morgan fingerprint density at radius 1 is 1.33 bits per heavy atom. The number of anilines is 1. The molecule has 1 saturated heterocycles. The lowest BCUT2D eigenvalue weighted by Gasteiger charge is -2.28. The van der Waals surface area contributed by atoms with Crippen LogP contribution in [0.5, 0.6) is 0 Å². The van der Waals surface area contributed by atoms with Crippen LogP contribution in [-0.2, 0) is 10.9 Å². The molecule has 1 aliphatic rings. The number of nitrogens with zero attached hydrogens (tertiary/aromatic N) is 2. The van der Waals surface area contributed by atoms with Crippen LogP contribution in [0.1, 0.15) is 24.2 Å². The first kappa shape index (κ1) is 15.7. The highest BCUT2D eigenvalue weighted by atomic mass is 35.5. The lowest BCUT2D eigenvalue weighted by atomic mass is 10.0. The Balaban J connectivity index is 2.22. The fraction of sp³-hybridized carbons (Fsp3) is 0.375. The number of Topliss-reactive ketones (excluding diaryl/α,β-unsaturated/α-hetero) is 1. The summed E-state index contributed by atoms with van der Waals surface area (Å²) >= 11 is 6.20. The van der Waals surface area contributed by atoms with Crippen LogP contribution in [-0.4, -0.2) is 37.1 Å². The summed E-state index contributed by atoms with van der Waals surface area (Å²) in [5, 5.41) is 0.127. The highest BCUT2D eigenvalue weighted by molar-refractivity contribution is 6.36. The third kappa shape index (κ3) is 3.18. The number of ether oxygens (including phenoxy) is 1. The number of carbonyl (C=O) groups is 1. The Kier molecular flexibility index (Phi) is 4.05. The van der Waals surface area contributed by atoms with E-state index in [1.54, 1.807) is 0 Å². The molecule has 4 nitrogen and oxygen atoms in total. The highest BCUT2D eigenvalue weighted by Crippen LogP contribution is 2.36. The predicted molar refractivity (Wildman–Crippen MR) is 84.8 cm³/mol. The summed E-state index contributed by atoms with van der Waals surface area (Å²) in [6.07, 6.45) is -4.63. The van der Waals surface area contributed by atoms with Crippen LogP contribution in [0.3, 0.4) is 0 Å². The zero-order valence-electron chi connectivity index (χ0n) is 13.5. The smallest absolute Gasteiger partial charge is 0.378 e. The molecule has 24 heavy (non-hydrogen) atoms. The Hall–Kier alpha value is -1.86. The van der Waals surface area contributed by atoms with Gasteiger partial charge in [-0.3, -0.25) is 4.79 Å². The topological polar surface area (TPSA) is 42.4 Å². The van der Waals surface area contributed by atoms with Crippen molar-refractivity contribution in [1.29, 1.82) is 0 Å². The molecule has 0 amide bonds. The fourth-order valence-corrected chi connectivity index (χ4v) is 2.85. The van der Waals surface area contributed by atoms with Crippen molar-refractivity contribution in [2.24, 2.45) is 0 Å². The number of fused-ring (bicyclic) bond motifs is 1. The molecule has 1 fully saturated rings. The average Bonchev–Trinajstić information content (AvgIpc) is 2.60. The summed E-state index contributed by atoms with van der Waals surface area (Å²) in [5.74, 6) is -0.265. The van der Waals surface area contributed by atoms with Crippen molar-refractivity contribution in [2.45, 2.75) is 13.1 Å². The molecule has 0 spiro atoms. The number of morpholine rings is 1. The van der Waals surface area contributed by atoms with Crippen LogP contribution < -0.4 is 4.90 Å². The van der Waals surface area contributed by atoms with E-state index in [-0.39, 0.29) is 21.5 Å². The van der Waals surface area contributed by atoms with Crippen molar-refractivity contribution in [1.82, 2.24) is 4.98 Å². The molecule has 0 N–H and O–H groups in total. The predicted octanol–water partition coefficient (Wildman–Crippen LogP) is 3.95. The summed E-state index contributed by atoms with van der Waals surface area (Å²) in [4.78, 5) is 18.3. The van der Waals surface area contributed by atoms with Gasteiger partial charge in [-0.15, -0.1) is 0 Å².